The largest absolute Gasteiger partial charge is 0.487 e. The third kappa shape index (κ3) is 3.06. The summed E-state index contributed by atoms with van der Waals surface area (Å²) in [6.07, 6.45) is 0. The second-order valence-electron chi connectivity index (χ2n) is 4.85. The summed E-state index contributed by atoms with van der Waals surface area (Å²) in [5.74, 6) is 0.346. The predicted molar refractivity (Wildman–Crippen MR) is 84.2 cm³/mol. The van der Waals surface area contributed by atoms with E-state index in [4.69, 9.17) is 9.94 Å². The minimum atomic E-state index is -0.337. The zero-order valence-electron chi connectivity index (χ0n) is 11.7. The number of hydrogen-bond donors (Lipinski definition) is 1. The van der Waals surface area contributed by atoms with E-state index in [1.807, 2.05) is 42.5 Å². The molecule has 0 saturated heterocycles. The van der Waals surface area contributed by atoms with E-state index in [2.05, 4.69) is 5.16 Å². The first kappa shape index (κ1) is 14.1. The summed E-state index contributed by atoms with van der Waals surface area (Å²) in [6.45, 7) is 0.0977. The highest BCUT2D eigenvalue weighted by Crippen LogP contribution is 2.20. The average Bonchev–Trinajstić information content (AvgIpc) is 2.57. The third-order valence-electron chi connectivity index (χ3n) is 3.39. The second-order valence-corrected chi connectivity index (χ2v) is 4.85. The predicted octanol–water partition coefficient (Wildman–Crippen LogP) is 4.24. The van der Waals surface area contributed by atoms with E-state index >= 15 is 0 Å². The number of ether oxygens (including phenoxy) is 1. The Morgan fingerprint density at radius 1 is 0.955 bits per heavy atom. The minimum Gasteiger partial charge on any atom is -0.487 e. The van der Waals surface area contributed by atoms with Gasteiger partial charge in [-0.3, -0.25) is 0 Å². The van der Waals surface area contributed by atoms with Crippen LogP contribution < -0.4 is 4.74 Å². The smallest absolute Gasteiger partial charge is 0.134 e. The molecule has 22 heavy (non-hydrogen) atoms. The van der Waals surface area contributed by atoms with Crippen molar-refractivity contribution in [2.45, 2.75) is 0 Å². The van der Waals surface area contributed by atoms with E-state index in [-0.39, 0.29) is 12.4 Å². The first-order valence-electron chi connectivity index (χ1n) is 6.85. The maximum Gasteiger partial charge on any atom is 0.134 e. The maximum atomic E-state index is 12.9. The van der Waals surface area contributed by atoms with Gasteiger partial charge in [0.25, 0.3) is 0 Å². The average molecular weight is 295 g/mol. The van der Waals surface area contributed by atoms with Gasteiger partial charge in [0.05, 0.1) is 0 Å². The normalized spacial score (nSPS) is 11.6. The topological polar surface area (TPSA) is 41.8 Å². The molecule has 3 rings (SSSR count). The molecule has 4 heteroatoms. The Kier molecular flexibility index (Phi) is 4.01. The number of rotatable bonds is 4. The van der Waals surface area contributed by atoms with Crippen molar-refractivity contribution in [2.75, 3.05) is 6.61 Å². The number of halogens is 1. The molecule has 1 N–H and O–H groups in total. The lowest BCUT2D eigenvalue weighted by Gasteiger charge is -2.09. The first-order valence-corrected chi connectivity index (χ1v) is 6.85. The lowest BCUT2D eigenvalue weighted by Crippen LogP contribution is -2.13. The Bertz CT molecular complexity index is 813. The van der Waals surface area contributed by atoms with Crippen LogP contribution in [0.25, 0.3) is 10.8 Å². The summed E-state index contributed by atoms with van der Waals surface area (Å²) < 4.78 is 18.6. The molecule has 0 radical (unpaired) electrons. The monoisotopic (exact) mass is 295 g/mol. The van der Waals surface area contributed by atoms with Crippen LogP contribution in [0.3, 0.4) is 0 Å². The highest BCUT2D eigenvalue weighted by molar-refractivity contribution is 6.01. The van der Waals surface area contributed by atoms with E-state index in [0.717, 1.165) is 10.8 Å². The molecule has 0 heterocycles. The van der Waals surface area contributed by atoms with Crippen LogP contribution in [0.1, 0.15) is 5.56 Å². The van der Waals surface area contributed by atoms with Gasteiger partial charge in [-0.25, -0.2) is 4.39 Å². The fourth-order valence-corrected chi connectivity index (χ4v) is 2.22. The molecule has 0 unspecified atom stereocenters. The van der Waals surface area contributed by atoms with E-state index in [9.17, 15) is 4.39 Å². The number of benzene rings is 3. The van der Waals surface area contributed by atoms with Gasteiger partial charge in [0.15, 0.2) is 0 Å². The lowest BCUT2D eigenvalue weighted by molar-refractivity contribution is 0.308. The van der Waals surface area contributed by atoms with Crippen LogP contribution in [0.15, 0.2) is 71.9 Å². The Morgan fingerprint density at radius 2 is 1.68 bits per heavy atom. The van der Waals surface area contributed by atoms with Crippen molar-refractivity contribution in [3.63, 3.8) is 0 Å². The molecular weight excluding hydrogens is 281 g/mol. The second kappa shape index (κ2) is 6.26. The molecule has 3 aromatic carbocycles. The van der Waals surface area contributed by atoms with Crippen LogP contribution in [0, 0.1) is 5.82 Å². The number of hydrogen-bond acceptors (Lipinski definition) is 3. The quantitative estimate of drug-likeness (QED) is 0.444. The van der Waals surface area contributed by atoms with Gasteiger partial charge in [-0.1, -0.05) is 35.5 Å². The van der Waals surface area contributed by atoms with Gasteiger partial charge in [-0.05, 0) is 47.2 Å². The summed E-state index contributed by atoms with van der Waals surface area (Å²) in [6, 6.07) is 19.5. The summed E-state index contributed by atoms with van der Waals surface area (Å²) in [4.78, 5) is 0. The standard InChI is InChI=1S/C18H14FNO2/c19-16-8-5-14(6-9-16)18(20-21)12-22-17-10-7-13-3-1-2-4-15(13)11-17/h1-11,21H,12H2/b20-18+. The zero-order valence-corrected chi connectivity index (χ0v) is 11.7. The molecule has 3 aromatic rings. The van der Waals surface area contributed by atoms with Crippen LogP contribution in [-0.2, 0) is 0 Å². The molecule has 0 saturated carbocycles. The Labute approximate surface area is 127 Å². The molecule has 0 fully saturated rings. The fourth-order valence-electron chi connectivity index (χ4n) is 2.22. The van der Waals surface area contributed by atoms with Crippen LogP contribution in [-0.4, -0.2) is 17.5 Å². The zero-order chi connectivity index (χ0) is 15.4. The molecule has 0 spiro atoms. The highest BCUT2D eigenvalue weighted by Gasteiger charge is 2.06. The van der Waals surface area contributed by atoms with E-state index in [1.54, 1.807) is 12.1 Å². The van der Waals surface area contributed by atoms with E-state index in [0.29, 0.717) is 17.0 Å². The van der Waals surface area contributed by atoms with Gasteiger partial charge < -0.3 is 9.94 Å². The SMILES string of the molecule is O/N=C(\COc1ccc2ccccc2c1)c1ccc(F)cc1. The molecular formula is C18H14FNO2. The van der Waals surface area contributed by atoms with E-state index < -0.39 is 0 Å². The highest BCUT2D eigenvalue weighted by atomic mass is 19.1. The lowest BCUT2D eigenvalue weighted by atomic mass is 10.1. The van der Waals surface area contributed by atoms with Gasteiger partial charge in [0.1, 0.15) is 23.9 Å². The number of oxime groups is 1. The first-order chi connectivity index (χ1) is 10.8. The Morgan fingerprint density at radius 3 is 2.41 bits per heavy atom. The molecule has 3 nitrogen and oxygen atoms in total. The molecule has 0 aliphatic heterocycles. The van der Waals surface area contributed by atoms with Crippen LogP contribution >= 0.6 is 0 Å². The van der Waals surface area contributed by atoms with Gasteiger partial charge in [-0.2, -0.15) is 0 Å². The van der Waals surface area contributed by atoms with Crippen molar-refractivity contribution in [1.82, 2.24) is 0 Å². The van der Waals surface area contributed by atoms with E-state index in [1.165, 1.54) is 12.1 Å². The van der Waals surface area contributed by atoms with Crippen LogP contribution in [0.2, 0.25) is 0 Å². The van der Waals surface area contributed by atoms with Crippen molar-refractivity contribution in [1.29, 1.82) is 0 Å². The molecule has 0 aromatic heterocycles. The number of nitrogens with zero attached hydrogens (tertiary/aromatic N) is 1. The minimum absolute atomic E-state index is 0.0977. The maximum absolute atomic E-state index is 12.9. The molecule has 0 aliphatic carbocycles. The summed E-state index contributed by atoms with van der Waals surface area (Å²) >= 11 is 0. The molecule has 0 amide bonds. The van der Waals surface area contributed by atoms with Crippen molar-refractivity contribution < 1.29 is 14.3 Å². The fraction of sp³-hybridized carbons (Fsp3) is 0.0556. The summed E-state index contributed by atoms with van der Waals surface area (Å²) in [5.41, 5.74) is 0.956. The van der Waals surface area contributed by atoms with Crippen LogP contribution in [0.4, 0.5) is 4.39 Å². The van der Waals surface area contributed by atoms with Gasteiger partial charge >= 0.3 is 0 Å². The Hall–Kier alpha value is -2.88. The Balaban J connectivity index is 1.75. The van der Waals surface area contributed by atoms with Crippen molar-refractivity contribution >= 4 is 16.5 Å². The molecule has 0 bridgehead atoms. The van der Waals surface area contributed by atoms with Gasteiger partial charge in [-0.15, -0.1) is 0 Å². The molecule has 110 valence electrons. The third-order valence-corrected chi connectivity index (χ3v) is 3.39. The van der Waals surface area contributed by atoms with Crippen molar-refractivity contribution in [3.05, 3.63) is 78.1 Å². The van der Waals surface area contributed by atoms with Gasteiger partial charge in [0, 0.05) is 5.56 Å². The molecule has 0 aliphatic rings. The van der Waals surface area contributed by atoms with Crippen molar-refractivity contribution in [3.8, 4) is 5.75 Å². The van der Waals surface area contributed by atoms with Crippen LogP contribution in [0.5, 0.6) is 5.75 Å². The molecule has 0 atom stereocenters. The summed E-state index contributed by atoms with van der Waals surface area (Å²) in [7, 11) is 0. The number of fused-ring (bicyclic) bond motifs is 1. The van der Waals surface area contributed by atoms with Crippen molar-refractivity contribution in [2.24, 2.45) is 5.16 Å². The summed E-state index contributed by atoms with van der Waals surface area (Å²) in [5, 5.41) is 14.5. The van der Waals surface area contributed by atoms with Gasteiger partial charge in [0.2, 0.25) is 0 Å².